The van der Waals surface area contributed by atoms with Crippen LogP contribution in [0, 0.1) is 0 Å². The summed E-state index contributed by atoms with van der Waals surface area (Å²) in [6.07, 6.45) is 10.8. The number of nitrogens with two attached hydrogens (primary N) is 1. The van der Waals surface area contributed by atoms with Crippen LogP contribution in [0.5, 0.6) is 0 Å². The van der Waals surface area contributed by atoms with Gasteiger partial charge in [-0.25, -0.2) is 9.97 Å². The molecule has 0 spiro atoms. The molecule has 0 radical (unpaired) electrons. The molecule has 0 saturated carbocycles. The van der Waals surface area contributed by atoms with Crippen molar-refractivity contribution < 1.29 is 0 Å². The Hall–Kier alpha value is -1.88. The highest BCUT2D eigenvalue weighted by atomic mass is 15.2. The molecular weight excluding hydrogens is 262 g/mol. The van der Waals surface area contributed by atoms with E-state index in [-0.39, 0.29) is 0 Å². The summed E-state index contributed by atoms with van der Waals surface area (Å²) in [4.78, 5) is 11.1. The van der Waals surface area contributed by atoms with Crippen molar-refractivity contribution in [3.8, 4) is 11.3 Å². The molecule has 0 aliphatic carbocycles. The first-order valence-electron chi connectivity index (χ1n) is 7.79. The minimum absolute atomic E-state index is 0.552. The van der Waals surface area contributed by atoms with E-state index in [0.29, 0.717) is 11.9 Å². The summed E-state index contributed by atoms with van der Waals surface area (Å²) >= 11 is 0. The average molecular weight is 283 g/mol. The lowest BCUT2D eigenvalue weighted by Crippen LogP contribution is -2.38. The van der Waals surface area contributed by atoms with Crippen molar-refractivity contribution in [3.63, 3.8) is 0 Å². The number of piperidine rings is 1. The van der Waals surface area contributed by atoms with Gasteiger partial charge in [0, 0.05) is 30.4 Å². The van der Waals surface area contributed by atoms with E-state index in [2.05, 4.69) is 19.4 Å². The molecular formula is C16H21N5. The second-order valence-electron chi connectivity index (χ2n) is 6.17. The van der Waals surface area contributed by atoms with Crippen molar-refractivity contribution in [1.82, 2.24) is 19.4 Å². The van der Waals surface area contributed by atoms with E-state index < -0.39 is 0 Å². The lowest BCUT2D eigenvalue weighted by Gasteiger charge is -2.36. The number of imidazole rings is 1. The summed E-state index contributed by atoms with van der Waals surface area (Å²) in [5.41, 5.74) is 8.07. The molecule has 0 amide bonds. The predicted octanol–water partition coefficient (Wildman–Crippen LogP) is 2.33. The highest BCUT2D eigenvalue weighted by Crippen LogP contribution is 2.35. The zero-order valence-corrected chi connectivity index (χ0v) is 12.2. The fraction of sp³-hybridized carbons (Fsp3) is 0.500. The van der Waals surface area contributed by atoms with Gasteiger partial charge in [-0.05, 0) is 44.4 Å². The highest BCUT2D eigenvalue weighted by Gasteiger charge is 2.32. The Bertz CT molecular complexity index is 635. The maximum Gasteiger partial charge on any atom is 0.123 e. The minimum atomic E-state index is 0.552. The van der Waals surface area contributed by atoms with Crippen molar-refractivity contribution in [3.05, 3.63) is 30.9 Å². The van der Waals surface area contributed by atoms with Crippen molar-refractivity contribution >= 4 is 5.82 Å². The molecule has 2 fully saturated rings. The van der Waals surface area contributed by atoms with E-state index in [1.807, 2.05) is 24.7 Å². The number of hydrogen-bond donors (Lipinski definition) is 1. The van der Waals surface area contributed by atoms with Gasteiger partial charge in [0.25, 0.3) is 0 Å². The molecule has 2 N–H and O–H groups in total. The largest absolute Gasteiger partial charge is 0.384 e. The van der Waals surface area contributed by atoms with Crippen LogP contribution < -0.4 is 5.73 Å². The zero-order valence-electron chi connectivity index (χ0n) is 12.2. The smallest absolute Gasteiger partial charge is 0.123 e. The van der Waals surface area contributed by atoms with Crippen LogP contribution in [0.25, 0.3) is 11.3 Å². The Kier molecular flexibility index (Phi) is 3.15. The van der Waals surface area contributed by atoms with E-state index in [9.17, 15) is 0 Å². The molecule has 2 atom stereocenters. The minimum Gasteiger partial charge on any atom is -0.384 e. The third-order valence-electron chi connectivity index (χ3n) is 4.93. The molecule has 2 aliphatic rings. The van der Waals surface area contributed by atoms with Crippen molar-refractivity contribution in [2.24, 2.45) is 0 Å². The quantitative estimate of drug-likeness (QED) is 0.919. The standard InChI is InChI=1S/C16H21N5/c17-16-8-12(3-5-19-16)15-10-18-11-21(15)14-4-7-20-6-1-2-13(20)9-14/h3,5,8,10-11,13-14H,1-2,4,6-7,9H2,(H2,17,19). The number of aromatic nitrogens is 3. The molecule has 2 aliphatic heterocycles. The molecule has 2 saturated heterocycles. The second kappa shape index (κ2) is 5.15. The number of nitrogen functional groups attached to an aromatic ring is 1. The number of pyridine rings is 1. The maximum atomic E-state index is 5.82. The number of hydrogen-bond acceptors (Lipinski definition) is 4. The highest BCUT2D eigenvalue weighted by molar-refractivity contribution is 5.61. The molecule has 2 aromatic rings. The Morgan fingerprint density at radius 1 is 1.19 bits per heavy atom. The first kappa shape index (κ1) is 12.8. The van der Waals surface area contributed by atoms with Gasteiger partial charge in [-0.3, -0.25) is 0 Å². The zero-order chi connectivity index (χ0) is 14.2. The first-order chi connectivity index (χ1) is 10.3. The second-order valence-corrected chi connectivity index (χ2v) is 6.17. The number of rotatable bonds is 2. The first-order valence-corrected chi connectivity index (χ1v) is 7.79. The molecule has 4 heterocycles. The van der Waals surface area contributed by atoms with E-state index in [1.165, 1.54) is 38.8 Å². The summed E-state index contributed by atoms with van der Waals surface area (Å²) in [6.45, 7) is 2.50. The van der Waals surface area contributed by atoms with Crippen LogP contribution in [0.15, 0.2) is 30.9 Å². The van der Waals surface area contributed by atoms with Gasteiger partial charge in [0.05, 0.1) is 18.2 Å². The van der Waals surface area contributed by atoms with Crippen molar-refractivity contribution in [2.75, 3.05) is 18.8 Å². The predicted molar refractivity (Wildman–Crippen MR) is 82.7 cm³/mol. The number of nitrogens with zero attached hydrogens (tertiary/aromatic N) is 4. The van der Waals surface area contributed by atoms with Crippen LogP contribution in [0.2, 0.25) is 0 Å². The summed E-state index contributed by atoms with van der Waals surface area (Å²) < 4.78 is 2.34. The van der Waals surface area contributed by atoms with Crippen molar-refractivity contribution in [2.45, 2.75) is 37.8 Å². The van der Waals surface area contributed by atoms with Gasteiger partial charge in [-0.2, -0.15) is 0 Å². The molecule has 110 valence electrons. The molecule has 4 rings (SSSR count). The fourth-order valence-corrected chi connectivity index (χ4v) is 3.88. The normalized spacial score (nSPS) is 25.9. The number of fused-ring (bicyclic) bond motifs is 1. The van der Waals surface area contributed by atoms with Crippen LogP contribution in [0.1, 0.15) is 31.7 Å². The Morgan fingerprint density at radius 3 is 3.05 bits per heavy atom. The fourth-order valence-electron chi connectivity index (χ4n) is 3.88. The van der Waals surface area contributed by atoms with Gasteiger partial charge in [-0.1, -0.05) is 0 Å². The van der Waals surface area contributed by atoms with Crippen LogP contribution in [-0.2, 0) is 0 Å². The molecule has 5 nitrogen and oxygen atoms in total. The third-order valence-corrected chi connectivity index (χ3v) is 4.93. The molecule has 0 bridgehead atoms. The molecule has 2 unspecified atom stereocenters. The monoisotopic (exact) mass is 283 g/mol. The van der Waals surface area contributed by atoms with E-state index in [0.717, 1.165) is 17.3 Å². The van der Waals surface area contributed by atoms with Gasteiger partial charge in [-0.15, -0.1) is 0 Å². The lowest BCUT2D eigenvalue weighted by atomic mass is 9.97. The third kappa shape index (κ3) is 2.31. The van der Waals surface area contributed by atoms with Crippen LogP contribution in [-0.4, -0.2) is 38.6 Å². The van der Waals surface area contributed by atoms with E-state index >= 15 is 0 Å². The van der Waals surface area contributed by atoms with E-state index in [1.54, 1.807) is 6.20 Å². The molecule has 5 heteroatoms. The van der Waals surface area contributed by atoms with Crippen LogP contribution in [0.4, 0.5) is 5.82 Å². The van der Waals surface area contributed by atoms with Gasteiger partial charge in [0.2, 0.25) is 0 Å². The molecule has 0 aromatic carbocycles. The Labute approximate surface area is 124 Å². The van der Waals surface area contributed by atoms with Gasteiger partial charge >= 0.3 is 0 Å². The molecule has 2 aromatic heterocycles. The topological polar surface area (TPSA) is 60.0 Å². The van der Waals surface area contributed by atoms with Crippen LogP contribution >= 0.6 is 0 Å². The SMILES string of the molecule is Nc1cc(-c2cncn2C2CCN3CCCC3C2)ccn1. The Balaban J connectivity index is 1.63. The Morgan fingerprint density at radius 2 is 2.14 bits per heavy atom. The average Bonchev–Trinajstić information content (AvgIpc) is 3.15. The molecule has 21 heavy (non-hydrogen) atoms. The van der Waals surface area contributed by atoms with Gasteiger partial charge < -0.3 is 15.2 Å². The van der Waals surface area contributed by atoms with Crippen LogP contribution in [0.3, 0.4) is 0 Å². The summed E-state index contributed by atoms with van der Waals surface area (Å²) in [5, 5.41) is 0. The van der Waals surface area contributed by atoms with Crippen molar-refractivity contribution in [1.29, 1.82) is 0 Å². The summed E-state index contributed by atoms with van der Waals surface area (Å²) in [6, 6.07) is 5.25. The van der Waals surface area contributed by atoms with Gasteiger partial charge in [0.15, 0.2) is 0 Å². The summed E-state index contributed by atoms with van der Waals surface area (Å²) in [7, 11) is 0. The maximum absolute atomic E-state index is 5.82. The van der Waals surface area contributed by atoms with E-state index in [4.69, 9.17) is 5.73 Å². The lowest BCUT2D eigenvalue weighted by molar-refractivity contribution is 0.156. The van der Waals surface area contributed by atoms with Gasteiger partial charge in [0.1, 0.15) is 5.82 Å². The summed E-state index contributed by atoms with van der Waals surface area (Å²) in [5.74, 6) is 0.561. The number of anilines is 1.